The van der Waals surface area contributed by atoms with Crippen molar-refractivity contribution in [2.75, 3.05) is 7.05 Å². The molecule has 0 bridgehead atoms. The summed E-state index contributed by atoms with van der Waals surface area (Å²) in [6, 6.07) is -0.589. The van der Waals surface area contributed by atoms with E-state index in [-0.39, 0.29) is 18.7 Å². The van der Waals surface area contributed by atoms with Gasteiger partial charge in [0.1, 0.15) is 0 Å². The predicted molar refractivity (Wildman–Crippen MR) is 68.2 cm³/mol. The Hall–Kier alpha value is -2.45. The van der Waals surface area contributed by atoms with Gasteiger partial charge in [0, 0.05) is 13.5 Å². The van der Waals surface area contributed by atoms with Crippen LogP contribution in [-0.4, -0.2) is 45.1 Å². The fourth-order valence-corrected chi connectivity index (χ4v) is 1.62. The summed E-state index contributed by atoms with van der Waals surface area (Å²) in [6.45, 7) is 2.07. The minimum Gasteiger partial charge on any atom is -0.476 e. The molecule has 0 radical (unpaired) electrons. The number of hydrogen-bond acceptors (Lipinski definition) is 5. The molecule has 0 fully saturated rings. The zero-order valence-corrected chi connectivity index (χ0v) is 11.3. The Morgan fingerprint density at radius 3 is 2.60 bits per heavy atom. The Morgan fingerprint density at radius 2 is 2.05 bits per heavy atom. The third-order valence-electron chi connectivity index (χ3n) is 2.56. The van der Waals surface area contributed by atoms with E-state index in [9.17, 15) is 14.4 Å². The molecule has 0 atom stereocenters. The maximum atomic E-state index is 11.4. The summed E-state index contributed by atoms with van der Waals surface area (Å²) >= 11 is 0. The van der Waals surface area contributed by atoms with Gasteiger partial charge in [0.15, 0.2) is 5.69 Å². The van der Waals surface area contributed by atoms with Crippen LogP contribution in [0.2, 0.25) is 0 Å². The Bertz CT molecular complexity index is 511. The number of amides is 3. The highest BCUT2D eigenvalue weighted by molar-refractivity contribution is 5.94. The number of carboxylic acid groups (broad SMARTS) is 1. The summed E-state index contributed by atoms with van der Waals surface area (Å²) in [5.74, 6) is -1.62. The maximum Gasteiger partial charge on any atom is 0.358 e. The van der Waals surface area contributed by atoms with Gasteiger partial charge >= 0.3 is 12.0 Å². The number of imide groups is 1. The van der Waals surface area contributed by atoms with Crippen LogP contribution in [0, 0.1) is 0 Å². The van der Waals surface area contributed by atoms with Crippen LogP contribution in [0.1, 0.15) is 35.9 Å². The lowest BCUT2D eigenvalue weighted by molar-refractivity contribution is -0.120. The smallest absolute Gasteiger partial charge is 0.358 e. The zero-order valence-electron chi connectivity index (χ0n) is 11.3. The summed E-state index contributed by atoms with van der Waals surface area (Å²) in [4.78, 5) is 33.4. The van der Waals surface area contributed by atoms with Crippen molar-refractivity contribution in [1.82, 2.24) is 25.6 Å². The number of hydrogen-bond donors (Lipinski definition) is 3. The molecular formula is C11H17N5O4. The lowest BCUT2D eigenvalue weighted by atomic mass is 10.2. The van der Waals surface area contributed by atoms with E-state index >= 15 is 0 Å². The third-order valence-corrected chi connectivity index (χ3v) is 2.56. The molecular weight excluding hydrogens is 266 g/mol. The normalized spacial score (nSPS) is 10.1. The van der Waals surface area contributed by atoms with E-state index in [1.54, 1.807) is 0 Å². The van der Waals surface area contributed by atoms with Crippen LogP contribution in [0.4, 0.5) is 4.79 Å². The molecule has 3 amide bonds. The number of urea groups is 1. The van der Waals surface area contributed by atoms with Gasteiger partial charge in [-0.3, -0.25) is 10.1 Å². The van der Waals surface area contributed by atoms with E-state index in [1.165, 1.54) is 11.7 Å². The topological polar surface area (TPSA) is 126 Å². The number of nitrogens with one attached hydrogen (secondary N) is 2. The van der Waals surface area contributed by atoms with Gasteiger partial charge in [-0.15, -0.1) is 5.10 Å². The minimum atomic E-state index is -1.14. The number of aromatic carboxylic acids is 1. The predicted octanol–water partition coefficient (Wildman–Crippen LogP) is -0.225. The molecule has 3 N–H and O–H groups in total. The van der Waals surface area contributed by atoms with Gasteiger partial charge in [0.25, 0.3) is 0 Å². The number of carbonyl (C=O) groups is 3. The summed E-state index contributed by atoms with van der Waals surface area (Å²) in [5, 5.41) is 20.7. The molecule has 1 heterocycles. The Kier molecular flexibility index (Phi) is 5.63. The molecule has 0 unspecified atom stereocenters. The first-order chi connectivity index (χ1) is 9.49. The van der Waals surface area contributed by atoms with Crippen LogP contribution in [-0.2, 0) is 17.8 Å². The van der Waals surface area contributed by atoms with Gasteiger partial charge < -0.3 is 10.4 Å². The van der Waals surface area contributed by atoms with Gasteiger partial charge in [0.05, 0.1) is 12.2 Å². The van der Waals surface area contributed by atoms with Gasteiger partial charge in [-0.1, -0.05) is 18.6 Å². The second-order valence-electron chi connectivity index (χ2n) is 4.04. The number of aromatic nitrogens is 3. The van der Waals surface area contributed by atoms with Gasteiger partial charge in [-0.25, -0.2) is 14.3 Å². The highest BCUT2D eigenvalue weighted by Gasteiger charge is 2.18. The summed E-state index contributed by atoms with van der Waals surface area (Å²) in [6.07, 6.45) is 1.25. The molecule has 1 aromatic heterocycles. The van der Waals surface area contributed by atoms with E-state index in [2.05, 4.69) is 20.9 Å². The van der Waals surface area contributed by atoms with Crippen molar-refractivity contribution in [2.24, 2.45) is 0 Å². The van der Waals surface area contributed by atoms with Crippen molar-refractivity contribution >= 4 is 17.9 Å². The van der Waals surface area contributed by atoms with E-state index in [1.807, 2.05) is 6.92 Å². The SMILES string of the molecule is CCCc1c(C(=O)O)nnn1CCC(=O)NC(=O)NC. The van der Waals surface area contributed by atoms with Crippen molar-refractivity contribution in [3.05, 3.63) is 11.4 Å². The maximum absolute atomic E-state index is 11.4. The van der Waals surface area contributed by atoms with Crippen molar-refractivity contribution in [3.63, 3.8) is 0 Å². The molecule has 0 spiro atoms. The van der Waals surface area contributed by atoms with Crippen LogP contribution in [0.5, 0.6) is 0 Å². The van der Waals surface area contributed by atoms with Crippen LogP contribution in [0.15, 0.2) is 0 Å². The Balaban J connectivity index is 2.70. The molecule has 0 aromatic carbocycles. The average molecular weight is 283 g/mol. The van der Waals surface area contributed by atoms with Crippen molar-refractivity contribution in [1.29, 1.82) is 0 Å². The molecule has 110 valence electrons. The molecule has 9 nitrogen and oxygen atoms in total. The van der Waals surface area contributed by atoms with Gasteiger partial charge in [-0.2, -0.15) is 0 Å². The summed E-state index contributed by atoms with van der Waals surface area (Å²) in [7, 11) is 1.40. The second kappa shape index (κ2) is 7.22. The van der Waals surface area contributed by atoms with Crippen LogP contribution in [0.25, 0.3) is 0 Å². The molecule has 0 saturated carbocycles. The first kappa shape index (κ1) is 15.6. The summed E-state index contributed by atoms with van der Waals surface area (Å²) in [5.41, 5.74) is 0.381. The largest absolute Gasteiger partial charge is 0.476 e. The fourth-order valence-electron chi connectivity index (χ4n) is 1.62. The molecule has 0 saturated heterocycles. The van der Waals surface area contributed by atoms with Crippen molar-refractivity contribution < 1.29 is 19.5 Å². The van der Waals surface area contributed by atoms with Crippen molar-refractivity contribution in [2.45, 2.75) is 32.7 Å². The zero-order chi connectivity index (χ0) is 15.1. The summed E-state index contributed by atoms with van der Waals surface area (Å²) < 4.78 is 1.39. The lowest BCUT2D eigenvalue weighted by Gasteiger charge is -2.06. The molecule has 9 heteroatoms. The number of carbonyl (C=O) groups excluding carboxylic acids is 2. The van der Waals surface area contributed by atoms with E-state index in [0.29, 0.717) is 12.1 Å². The quantitative estimate of drug-likeness (QED) is 0.662. The van der Waals surface area contributed by atoms with Crippen molar-refractivity contribution in [3.8, 4) is 0 Å². The lowest BCUT2D eigenvalue weighted by Crippen LogP contribution is -2.37. The van der Waals surface area contributed by atoms with E-state index in [0.717, 1.165) is 6.42 Å². The highest BCUT2D eigenvalue weighted by Crippen LogP contribution is 2.09. The van der Waals surface area contributed by atoms with Crippen LogP contribution < -0.4 is 10.6 Å². The minimum absolute atomic E-state index is 0.00650. The fraction of sp³-hybridized carbons (Fsp3) is 0.545. The molecule has 20 heavy (non-hydrogen) atoms. The number of rotatable bonds is 6. The van der Waals surface area contributed by atoms with Gasteiger partial charge in [0.2, 0.25) is 5.91 Å². The van der Waals surface area contributed by atoms with Crippen LogP contribution >= 0.6 is 0 Å². The molecule has 0 aliphatic carbocycles. The second-order valence-corrected chi connectivity index (χ2v) is 4.04. The number of aryl methyl sites for hydroxylation is 1. The van der Waals surface area contributed by atoms with Crippen LogP contribution in [0.3, 0.4) is 0 Å². The average Bonchev–Trinajstić information content (AvgIpc) is 2.80. The Labute approximate surface area is 115 Å². The Morgan fingerprint density at radius 1 is 1.35 bits per heavy atom. The standard InChI is InChI=1S/C11H17N5O4/c1-3-4-7-9(10(18)19)14-15-16(7)6-5-8(17)13-11(20)12-2/h3-6H2,1-2H3,(H,18,19)(H2,12,13,17,20). The molecule has 0 aliphatic heterocycles. The van der Waals surface area contributed by atoms with E-state index < -0.39 is 17.9 Å². The number of nitrogens with zero attached hydrogens (tertiary/aromatic N) is 3. The monoisotopic (exact) mass is 283 g/mol. The van der Waals surface area contributed by atoms with E-state index in [4.69, 9.17) is 5.11 Å². The highest BCUT2D eigenvalue weighted by atomic mass is 16.4. The molecule has 1 aromatic rings. The first-order valence-electron chi connectivity index (χ1n) is 6.16. The number of carboxylic acids is 1. The molecule has 0 aliphatic rings. The molecule has 1 rings (SSSR count). The first-order valence-corrected chi connectivity index (χ1v) is 6.16. The third kappa shape index (κ3) is 4.04. The van der Waals surface area contributed by atoms with Gasteiger partial charge in [-0.05, 0) is 6.42 Å².